The van der Waals surface area contributed by atoms with Gasteiger partial charge in [0.05, 0.1) is 16.7 Å². The number of carboxylic acid groups (broad SMARTS) is 1. The van der Waals surface area contributed by atoms with Crippen LogP contribution < -0.4 is 5.32 Å². The Morgan fingerprint density at radius 3 is 2.62 bits per heavy atom. The monoisotopic (exact) mass is 447 g/mol. The van der Waals surface area contributed by atoms with Gasteiger partial charge in [-0.05, 0) is 23.6 Å². The molecule has 0 aliphatic carbocycles. The Kier molecular flexibility index (Phi) is 5.66. The molecule has 2 fully saturated rings. The van der Waals surface area contributed by atoms with Crippen molar-refractivity contribution >= 4 is 58.4 Å². The second kappa shape index (κ2) is 8.21. The van der Waals surface area contributed by atoms with Gasteiger partial charge in [-0.1, -0.05) is 24.3 Å². The third-order valence-electron chi connectivity index (χ3n) is 4.62. The van der Waals surface area contributed by atoms with Crippen molar-refractivity contribution in [1.29, 1.82) is 5.41 Å². The molecule has 0 bridgehead atoms. The van der Waals surface area contributed by atoms with Crippen molar-refractivity contribution in [3.8, 4) is 0 Å². The zero-order chi connectivity index (χ0) is 20.5. The topological polar surface area (TPSA) is 111 Å². The first-order valence-corrected chi connectivity index (χ1v) is 11.5. The van der Waals surface area contributed by atoms with Crippen molar-refractivity contribution in [3.05, 3.63) is 52.7 Å². The van der Waals surface area contributed by atoms with Gasteiger partial charge in [-0.2, -0.15) is 0 Å². The maximum atomic E-state index is 12.6. The van der Waals surface area contributed by atoms with Crippen molar-refractivity contribution in [2.45, 2.75) is 33.4 Å². The lowest BCUT2D eigenvalue weighted by Crippen LogP contribution is -2.76. The molecule has 1 aromatic heterocycles. The summed E-state index contributed by atoms with van der Waals surface area (Å²) in [5.41, 5.74) is -0.0238. The minimum absolute atomic E-state index is 0.0238. The minimum atomic E-state index is -1.31. The van der Waals surface area contributed by atoms with Gasteiger partial charge in [-0.3, -0.25) is 9.59 Å². The largest absolute Gasteiger partial charge is 0.479 e. The number of carbonyl (C=O) groups excluding carboxylic acids is 2. The van der Waals surface area contributed by atoms with E-state index in [1.807, 2.05) is 47.8 Å². The normalized spacial score (nSPS) is 25.9. The third-order valence-corrected chi connectivity index (χ3v) is 8.41. The summed E-state index contributed by atoms with van der Waals surface area (Å²) in [6.07, 6.45) is 0.180. The number of hydrogen-bond donors (Lipinski definition) is 3. The predicted molar refractivity (Wildman–Crippen MR) is 113 cm³/mol. The quantitative estimate of drug-likeness (QED) is 0.586. The van der Waals surface area contributed by atoms with E-state index in [1.165, 1.54) is 39.8 Å². The number of hydrogen-bond acceptors (Lipinski definition) is 7. The first-order chi connectivity index (χ1) is 14.0. The van der Waals surface area contributed by atoms with Crippen molar-refractivity contribution < 1.29 is 19.5 Å². The van der Waals surface area contributed by atoms with Gasteiger partial charge in [-0.25, -0.2) is 4.79 Å². The molecule has 2 aromatic rings. The number of nitrogens with one attached hydrogen (secondary N) is 2. The number of carbonyl (C=O) groups is 3. The SMILES string of the molecule is N=C1C(Sc2ccccc2)S[C@H]2[C@H](NC(=O)Cc3cccs3)C(=O)N2C1C(=O)O. The van der Waals surface area contributed by atoms with E-state index in [0.717, 1.165) is 9.77 Å². The molecule has 2 aliphatic rings. The number of benzene rings is 1. The standard InChI is InChI=1S/C19H17N3O4S3/c20-13-15(18(25)26)22-16(24)14(21-12(23)9-11-7-4-8-27-11)17(22)29-19(13)28-10-5-2-1-3-6-10/h1-8,14-15,17,19-20H,9H2,(H,21,23)(H,25,26)/t14-,15?,17+,19?/m1/s1. The van der Waals surface area contributed by atoms with E-state index < -0.39 is 33.9 Å². The average molecular weight is 448 g/mol. The third kappa shape index (κ3) is 3.92. The summed E-state index contributed by atoms with van der Waals surface area (Å²) in [6, 6.07) is 11.1. The zero-order valence-corrected chi connectivity index (χ0v) is 17.4. The molecule has 0 saturated carbocycles. The molecule has 0 radical (unpaired) electrons. The zero-order valence-electron chi connectivity index (χ0n) is 15.0. The summed E-state index contributed by atoms with van der Waals surface area (Å²) in [7, 11) is 0. The maximum Gasteiger partial charge on any atom is 0.332 e. The van der Waals surface area contributed by atoms with Crippen LogP contribution in [0.1, 0.15) is 4.88 Å². The minimum Gasteiger partial charge on any atom is -0.479 e. The second-order valence-electron chi connectivity index (χ2n) is 6.53. The van der Waals surface area contributed by atoms with E-state index in [1.54, 1.807) is 0 Å². The number of amides is 2. The van der Waals surface area contributed by atoms with Crippen LogP contribution in [0.25, 0.3) is 0 Å². The molecule has 29 heavy (non-hydrogen) atoms. The molecule has 0 spiro atoms. The molecule has 1 aromatic carbocycles. The molecule has 10 heteroatoms. The van der Waals surface area contributed by atoms with E-state index in [0.29, 0.717) is 0 Å². The van der Waals surface area contributed by atoms with Crippen LogP contribution in [0.5, 0.6) is 0 Å². The van der Waals surface area contributed by atoms with E-state index in [9.17, 15) is 19.5 Å². The fraction of sp³-hybridized carbons (Fsp3) is 0.263. The van der Waals surface area contributed by atoms with Crippen LogP contribution in [0.4, 0.5) is 0 Å². The number of thioether (sulfide) groups is 2. The number of nitrogens with zero attached hydrogens (tertiary/aromatic N) is 1. The summed E-state index contributed by atoms with van der Waals surface area (Å²) in [4.78, 5) is 39.7. The molecular formula is C19H17N3O4S3. The van der Waals surface area contributed by atoms with Crippen LogP contribution >= 0.6 is 34.9 Å². The Morgan fingerprint density at radius 1 is 1.21 bits per heavy atom. The van der Waals surface area contributed by atoms with Gasteiger partial charge in [-0.15, -0.1) is 34.9 Å². The van der Waals surface area contributed by atoms with Crippen molar-refractivity contribution in [2.24, 2.45) is 0 Å². The van der Waals surface area contributed by atoms with Crippen molar-refractivity contribution in [1.82, 2.24) is 10.2 Å². The number of carboxylic acids is 1. The van der Waals surface area contributed by atoms with Crippen LogP contribution in [0.3, 0.4) is 0 Å². The number of aliphatic carboxylic acids is 1. The molecule has 2 aliphatic heterocycles. The van der Waals surface area contributed by atoms with Gasteiger partial charge in [0.15, 0.2) is 6.04 Å². The summed E-state index contributed by atoms with van der Waals surface area (Å²) in [5.74, 6) is -1.95. The molecule has 3 heterocycles. The summed E-state index contributed by atoms with van der Waals surface area (Å²) in [5, 5.41) is 22.1. The molecular weight excluding hydrogens is 430 g/mol. The van der Waals surface area contributed by atoms with E-state index in [2.05, 4.69) is 5.32 Å². The number of rotatable bonds is 6. The van der Waals surface area contributed by atoms with Crippen LogP contribution in [0, 0.1) is 5.41 Å². The Balaban J connectivity index is 1.50. The summed E-state index contributed by atoms with van der Waals surface area (Å²) >= 11 is 4.18. The lowest BCUT2D eigenvalue weighted by Gasteiger charge is -2.53. The van der Waals surface area contributed by atoms with E-state index in [-0.39, 0.29) is 18.0 Å². The Hall–Kier alpha value is -2.30. The lowest BCUT2D eigenvalue weighted by molar-refractivity contribution is -0.158. The van der Waals surface area contributed by atoms with Gasteiger partial charge in [0.1, 0.15) is 11.4 Å². The molecule has 3 N–H and O–H groups in total. The molecule has 4 atom stereocenters. The highest BCUT2D eigenvalue weighted by molar-refractivity contribution is 8.18. The fourth-order valence-electron chi connectivity index (χ4n) is 3.28. The highest BCUT2D eigenvalue weighted by Crippen LogP contribution is 2.46. The molecule has 2 unspecified atom stereocenters. The Bertz CT molecular complexity index is 951. The van der Waals surface area contributed by atoms with Crippen LogP contribution in [0.2, 0.25) is 0 Å². The number of fused-ring (bicyclic) bond motifs is 1. The molecule has 7 nitrogen and oxygen atoms in total. The van der Waals surface area contributed by atoms with Gasteiger partial charge in [0, 0.05) is 9.77 Å². The molecule has 2 saturated heterocycles. The van der Waals surface area contributed by atoms with Crippen molar-refractivity contribution in [3.63, 3.8) is 0 Å². The smallest absolute Gasteiger partial charge is 0.332 e. The number of β-lactam (4-membered cyclic amide) rings is 1. The second-order valence-corrected chi connectivity index (χ2v) is 10.3. The van der Waals surface area contributed by atoms with E-state index in [4.69, 9.17) is 5.41 Å². The van der Waals surface area contributed by atoms with Gasteiger partial charge < -0.3 is 20.7 Å². The highest BCUT2D eigenvalue weighted by atomic mass is 32.2. The highest BCUT2D eigenvalue weighted by Gasteiger charge is 2.59. The fourth-order valence-corrected chi connectivity index (χ4v) is 6.92. The Labute approximate surface area is 179 Å². The first-order valence-electron chi connectivity index (χ1n) is 8.78. The molecule has 4 rings (SSSR count). The van der Waals surface area contributed by atoms with Gasteiger partial charge in [0.25, 0.3) is 0 Å². The van der Waals surface area contributed by atoms with Crippen LogP contribution in [-0.2, 0) is 20.8 Å². The maximum absolute atomic E-state index is 12.6. The molecule has 2 amide bonds. The summed E-state index contributed by atoms with van der Waals surface area (Å²) < 4.78 is -0.454. The Morgan fingerprint density at radius 2 is 1.97 bits per heavy atom. The first kappa shape index (κ1) is 20.0. The van der Waals surface area contributed by atoms with E-state index >= 15 is 0 Å². The lowest BCUT2D eigenvalue weighted by atomic mass is 9.99. The van der Waals surface area contributed by atoms with Gasteiger partial charge >= 0.3 is 5.97 Å². The van der Waals surface area contributed by atoms with Crippen LogP contribution in [0.15, 0.2) is 52.7 Å². The predicted octanol–water partition coefficient (Wildman–Crippen LogP) is 2.28. The van der Waals surface area contributed by atoms with Crippen LogP contribution in [-0.4, -0.2) is 55.5 Å². The van der Waals surface area contributed by atoms with Gasteiger partial charge in [0.2, 0.25) is 11.8 Å². The molecule has 150 valence electrons. The average Bonchev–Trinajstić information content (AvgIpc) is 3.21. The van der Waals surface area contributed by atoms with Crippen molar-refractivity contribution in [2.75, 3.05) is 0 Å². The summed E-state index contributed by atoms with van der Waals surface area (Å²) in [6.45, 7) is 0. The number of thiophene rings is 1.